The largest absolute Gasteiger partial charge is 0.354 e. The van der Waals surface area contributed by atoms with Gasteiger partial charge in [0.15, 0.2) is 0 Å². The number of aryl methyl sites for hydroxylation is 2. The van der Waals surface area contributed by atoms with Crippen molar-refractivity contribution >= 4 is 17.3 Å². The van der Waals surface area contributed by atoms with E-state index in [1.807, 2.05) is 17.0 Å². The molecule has 0 saturated carbocycles. The summed E-state index contributed by atoms with van der Waals surface area (Å²) in [6.45, 7) is 7.17. The van der Waals surface area contributed by atoms with E-state index in [4.69, 9.17) is 0 Å². The van der Waals surface area contributed by atoms with E-state index in [2.05, 4.69) is 49.3 Å². The van der Waals surface area contributed by atoms with Gasteiger partial charge in [-0.1, -0.05) is 13.0 Å². The van der Waals surface area contributed by atoms with Crippen molar-refractivity contribution < 1.29 is 4.79 Å². The number of hydrogen-bond acceptors (Lipinski definition) is 3. The standard InChI is InChI=1S/C21H27N3O/c1-4-19-7-5-6-10-24(19)21(25)20-9-8-17(14-22-20)23-18-12-15(2)11-16(3)13-18/h8-9,11-14,19,23H,4-7,10H2,1-3H3. The average Bonchev–Trinajstić information content (AvgIpc) is 2.61. The summed E-state index contributed by atoms with van der Waals surface area (Å²) < 4.78 is 0. The molecule has 1 aromatic heterocycles. The molecular weight excluding hydrogens is 310 g/mol. The monoisotopic (exact) mass is 337 g/mol. The van der Waals surface area contributed by atoms with Gasteiger partial charge in [-0.15, -0.1) is 0 Å². The van der Waals surface area contributed by atoms with Gasteiger partial charge in [-0.05, 0) is 74.9 Å². The minimum atomic E-state index is 0.0597. The summed E-state index contributed by atoms with van der Waals surface area (Å²) >= 11 is 0. The van der Waals surface area contributed by atoms with Gasteiger partial charge in [0.05, 0.1) is 11.9 Å². The zero-order valence-electron chi connectivity index (χ0n) is 15.4. The molecule has 0 spiro atoms. The lowest BCUT2D eigenvalue weighted by atomic mass is 9.99. The highest BCUT2D eigenvalue weighted by Crippen LogP contribution is 2.23. The van der Waals surface area contributed by atoms with Gasteiger partial charge in [0.2, 0.25) is 0 Å². The summed E-state index contributed by atoms with van der Waals surface area (Å²) in [6, 6.07) is 10.5. The molecule has 0 radical (unpaired) electrons. The maximum atomic E-state index is 12.8. The summed E-state index contributed by atoms with van der Waals surface area (Å²) in [5.41, 5.74) is 4.91. The smallest absolute Gasteiger partial charge is 0.272 e. The lowest BCUT2D eigenvalue weighted by molar-refractivity contribution is 0.0602. The number of nitrogens with zero attached hydrogens (tertiary/aromatic N) is 2. The Kier molecular flexibility index (Phi) is 5.37. The summed E-state index contributed by atoms with van der Waals surface area (Å²) in [6.07, 6.45) is 6.17. The molecule has 2 aromatic rings. The molecule has 1 unspecified atom stereocenters. The van der Waals surface area contributed by atoms with Crippen molar-refractivity contribution in [1.29, 1.82) is 0 Å². The summed E-state index contributed by atoms with van der Waals surface area (Å²) in [5.74, 6) is 0.0597. The number of carbonyl (C=O) groups is 1. The minimum absolute atomic E-state index is 0.0597. The number of piperidine rings is 1. The van der Waals surface area contributed by atoms with Crippen LogP contribution in [0.25, 0.3) is 0 Å². The van der Waals surface area contributed by atoms with E-state index in [9.17, 15) is 4.79 Å². The van der Waals surface area contributed by atoms with Gasteiger partial charge in [0, 0.05) is 18.3 Å². The first-order valence-corrected chi connectivity index (χ1v) is 9.19. The summed E-state index contributed by atoms with van der Waals surface area (Å²) in [5, 5.41) is 3.36. The normalized spacial score (nSPS) is 17.4. The van der Waals surface area contributed by atoms with Crippen molar-refractivity contribution in [2.45, 2.75) is 52.5 Å². The maximum absolute atomic E-state index is 12.8. The Morgan fingerprint density at radius 2 is 1.92 bits per heavy atom. The van der Waals surface area contributed by atoms with Crippen molar-refractivity contribution in [3.63, 3.8) is 0 Å². The first-order valence-electron chi connectivity index (χ1n) is 9.19. The quantitative estimate of drug-likeness (QED) is 0.867. The van der Waals surface area contributed by atoms with Crippen molar-refractivity contribution in [2.24, 2.45) is 0 Å². The number of aromatic nitrogens is 1. The van der Waals surface area contributed by atoms with Crippen LogP contribution in [0.1, 0.15) is 54.2 Å². The Morgan fingerprint density at radius 3 is 2.56 bits per heavy atom. The van der Waals surface area contributed by atoms with Gasteiger partial charge in [0.25, 0.3) is 5.91 Å². The summed E-state index contributed by atoms with van der Waals surface area (Å²) in [4.78, 5) is 19.2. The fourth-order valence-electron chi connectivity index (χ4n) is 3.65. The Bertz CT molecular complexity index is 719. The predicted molar refractivity (Wildman–Crippen MR) is 102 cm³/mol. The second-order valence-corrected chi connectivity index (χ2v) is 6.99. The van der Waals surface area contributed by atoms with Gasteiger partial charge in [-0.2, -0.15) is 0 Å². The molecule has 1 aliphatic rings. The van der Waals surface area contributed by atoms with Crippen LogP contribution in [0.4, 0.5) is 11.4 Å². The minimum Gasteiger partial charge on any atom is -0.354 e. The molecular formula is C21H27N3O. The molecule has 0 bridgehead atoms. The highest BCUT2D eigenvalue weighted by molar-refractivity contribution is 5.92. The molecule has 132 valence electrons. The fraction of sp³-hybridized carbons (Fsp3) is 0.429. The molecule has 1 amide bonds. The SMILES string of the molecule is CCC1CCCCN1C(=O)c1ccc(Nc2cc(C)cc(C)c2)cn1. The van der Waals surface area contributed by atoms with Crippen LogP contribution in [-0.2, 0) is 0 Å². The van der Waals surface area contributed by atoms with Crippen molar-refractivity contribution in [2.75, 3.05) is 11.9 Å². The van der Waals surface area contributed by atoms with E-state index in [1.54, 1.807) is 6.20 Å². The van der Waals surface area contributed by atoms with E-state index in [0.717, 1.165) is 37.2 Å². The Hall–Kier alpha value is -2.36. The average molecular weight is 337 g/mol. The van der Waals surface area contributed by atoms with Crippen LogP contribution in [0.2, 0.25) is 0 Å². The third kappa shape index (κ3) is 4.19. The number of rotatable bonds is 4. The van der Waals surface area contributed by atoms with Crippen molar-refractivity contribution in [1.82, 2.24) is 9.88 Å². The topological polar surface area (TPSA) is 45.2 Å². The van der Waals surface area contributed by atoms with Gasteiger partial charge in [-0.3, -0.25) is 4.79 Å². The lowest BCUT2D eigenvalue weighted by Crippen LogP contribution is -2.43. The van der Waals surface area contributed by atoms with Crippen LogP contribution in [0.3, 0.4) is 0 Å². The molecule has 1 aliphatic heterocycles. The number of amides is 1. The molecule has 1 saturated heterocycles. The Morgan fingerprint density at radius 1 is 1.16 bits per heavy atom. The first kappa shape index (κ1) is 17.5. The van der Waals surface area contributed by atoms with Crippen LogP contribution in [-0.4, -0.2) is 28.4 Å². The lowest BCUT2D eigenvalue weighted by Gasteiger charge is -2.35. The number of anilines is 2. The molecule has 1 fully saturated rings. The van der Waals surface area contributed by atoms with Gasteiger partial charge in [-0.25, -0.2) is 4.98 Å². The number of pyridine rings is 1. The molecule has 1 atom stereocenters. The number of nitrogens with one attached hydrogen (secondary N) is 1. The second-order valence-electron chi connectivity index (χ2n) is 6.99. The molecule has 0 aliphatic carbocycles. The molecule has 3 rings (SSSR count). The first-order chi connectivity index (χ1) is 12.1. The second kappa shape index (κ2) is 7.68. The van der Waals surface area contributed by atoms with E-state index in [0.29, 0.717) is 11.7 Å². The van der Waals surface area contributed by atoms with Crippen LogP contribution in [0.15, 0.2) is 36.5 Å². The van der Waals surface area contributed by atoms with E-state index in [1.165, 1.54) is 17.5 Å². The van der Waals surface area contributed by atoms with E-state index < -0.39 is 0 Å². The Labute approximate surface area is 150 Å². The molecule has 25 heavy (non-hydrogen) atoms. The third-order valence-corrected chi connectivity index (χ3v) is 4.85. The number of carbonyl (C=O) groups excluding carboxylic acids is 1. The molecule has 4 heteroatoms. The Balaban J connectivity index is 1.72. The van der Waals surface area contributed by atoms with Gasteiger partial charge in [0.1, 0.15) is 5.69 Å². The summed E-state index contributed by atoms with van der Waals surface area (Å²) in [7, 11) is 0. The van der Waals surface area contributed by atoms with E-state index >= 15 is 0 Å². The van der Waals surface area contributed by atoms with Crippen LogP contribution in [0.5, 0.6) is 0 Å². The van der Waals surface area contributed by atoms with Crippen LogP contribution in [0, 0.1) is 13.8 Å². The van der Waals surface area contributed by atoms with Crippen LogP contribution < -0.4 is 5.32 Å². The highest BCUT2D eigenvalue weighted by atomic mass is 16.2. The number of hydrogen-bond donors (Lipinski definition) is 1. The number of likely N-dealkylation sites (tertiary alicyclic amines) is 1. The van der Waals surface area contributed by atoms with Crippen LogP contribution >= 0.6 is 0 Å². The third-order valence-electron chi connectivity index (χ3n) is 4.85. The van der Waals surface area contributed by atoms with Crippen molar-refractivity contribution in [3.8, 4) is 0 Å². The van der Waals surface area contributed by atoms with Gasteiger partial charge >= 0.3 is 0 Å². The van der Waals surface area contributed by atoms with Crippen molar-refractivity contribution in [3.05, 3.63) is 53.3 Å². The number of benzene rings is 1. The zero-order chi connectivity index (χ0) is 17.8. The molecule has 4 nitrogen and oxygen atoms in total. The van der Waals surface area contributed by atoms with E-state index in [-0.39, 0.29) is 5.91 Å². The fourth-order valence-corrected chi connectivity index (χ4v) is 3.65. The zero-order valence-corrected chi connectivity index (χ0v) is 15.4. The molecule has 2 heterocycles. The maximum Gasteiger partial charge on any atom is 0.272 e. The predicted octanol–water partition coefficient (Wildman–Crippen LogP) is 4.85. The molecule has 1 N–H and O–H groups in total. The van der Waals surface area contributed by atoms with Gasteiger partial charge < -0.3 is 10.2 Å². The molecule has 1 aromatic carbocycles. The highest BCUT2D eigenvalue weighted by Gasteiger charge is 2.26.